The molecule has 0 radical (unpaired) electrons. The molecule has 2 aromatic rings. The zero-order valence-corrected chi connectivity index (χ0v) is 10.8. The summed E-state index contributed by atoms with van der Waals surface area (Å²) in [7, 11) is 3.95. The molecular weight excluding hydrogens is 226 g/mol. The predicted molar refractivity (Wildman–Crippen MR) is 70.6 cm³/mol. The summed E-state index contributed by atoms with van der Waals surface area (Å²) in [4.78, 5) is 11.3. The Morgan fingerprint density at radius 3 is 2.72 bits per heavy atom. The predicted octanol–water partition coefficient (Wildman–Crippen LogP) is 1.81. The van der Waals surface area contributed by atoms with Crippen molar-refractivity contribution in [3.8, 4) is 11.4 Å². The second-order valence-electron chi connectivity index (χ2n) is 4.87. The van der Waals surface area contributed by atoms with Crippen LogP contribution in [0.4, 0.5) is 5.95 Å². The van der Waals surface area contributed by atoms with Crippen LogP contribution < -0.4 is 4.90 Å². The van der Waals surface area contributed by atoms with Crippen LogP contribution in [0.1, 0.15) is 24.1 Å². The van der Waals surface area contributed by atoms with E-state index in [2.05, 4.69) is 20.2 Å². The topological polar surface area (TPSA) is 57.7 Å². The van der Waals surface area contributed by atoms with Gasteiger partial charge in [-0.05, 0) is 31.7 Å². The maximum atomic E-state index is 4.67. The van der Waals surface area contributed by atoms with Crippen molar-refractivity contribution >= 4 is 5.95 Å². The first kappa shape index (κ1) is 11.2. The van der Waals surface area contributed by atoms with Crippen molar-refractivity contribution in [1.29, 1.82) is 0 Å². The molecule has 0 saturated carbocycles. The Labute approximate surface area is 106 Å². The zero-order chi connectivity index (χ0) is 12.5. The van der Waals surface area contributed by atoms with Gasteiger partial charge >= 0.3 is 0 Å². The van der Waals surface area contributed by atoms with Gasteiger partial charge in [0.15, 0.2) is 0 Å². The molecule has 3 rings (SSSR count). The average Bonchev–Trinajstić information content (AvgIpc) is 2.91. The van der Waals surface area contributed by atoms with Crippen LogP contribution in [-0.2, 0) is 12.8 Å². The lowest BCUT2D eigenvalue weighted by Crippen LogP contribution is -2.17. The van der Waals surface area contributed by atoms with Crippen LogP contribution in [0.2, 0.25) is 0 Å². The number of hydrogen-bond acceptors (Lipinski definition) is 4. The van der Waals surface area contributed by atoms with E-state index in [0.29, 0.717) is 0 Å². The van der Waals surface area contributed by atoms with Crippen molar-refractivity contribution in [2.24, 2.45) is 0 Å². The highest BCUT2D eigenvalue weighted by molar-refractivity contribution is 5.62. The van der Waals surface area contributed by atoms with Gasteiger partial charge in [-0.15, -0.1) is 0 Å². The second-order valence-corrected chi connectivity index (χ2v) is 4.87. The number of H-pyrrole nitrogens is 1. The summed E-state index contributed by atoms with van der Waals surface area (Å²) in [6.45, 7) is 0. The fourth-order valence-electron chi connectivity index (χ4n) is 2.39. The molecule has 18 heavy (non-hydrogen) atoms. The molecule has 1 aliphatic rings. The van der Waals surface area contributed by atoms with Gasteiger partial charge in [0.05, 0.1) is 11.4 Å². The molecule has 0 aliphatic heterocycles. The first-order chi connectivity index (χ1) is 8.75. The summed E-state index contributed by atoms with van der Waals surface area (Å²) in [6, 6.07) is 1.97. The summed E-state index contributed by atoms with van der Waals surface area (Å²) >= 11 is 0. The molecule has 0 amide bonds. The molecule has 0 fully saturated rings. The number of fused-ring (bicyclic) bond motifs is 1. The summed E-state index contributed by atoms with van der Waals surface area (Å²) < 4.78 is 0. The lowest BCUT2D eigenvalue weighted by molar-refractivity contribution is 0.662. The van der Waals surface area contributed by atoms with E-state index >= 15 is 0 Å². The van der Waals surface area contributed by atoms with Gasteiger partial charge in [-0.25, -0.2) is 9.97 Å². The summed E-state index contributed by atoms with van der Waals surface area (Å²) in [6.07, 6.45) is 6.33. The van der Waals surface area contributed by atoms with Crippen LogP contribution in [0.5, 0.6) is 0 Å². The maximum Gasteiger partial charge on any atom is 0.225 e. The third kappa shape index (κ3) is 1.85. The van der Waals surface area contributed by atoms with Crippen molar-refractivity contribution in [3.63, 3.8) is 0 Å². The number of hydrogen-bond donors (Lipinski definition) is 1. The number of aromatic amines is 1. The fourth-order valence-corrected chi connectivity index (χ4v) is 2.39. The van der Waals surface area contributed by atoms with Crippen LogP contribution in [0.3, 0.4) is 0 Å². The molecule has 2 heterocycles. The Hall–Kier alpha value is -1.91. The van der Waals surface area contributed by atoms with E-state index < -0.39 is 0 Å². The van der Waals surface area contributed by atoms with Crippen molar-refractivity contribution < 1.29 is 0 Å². The van der Waals surface area contributed by atoms with Gasteiger partial charge in [-0.3, -0.25) is 5.10 Å². The largest absolute Gasteiger partial charge is 0.347 e. The van der Waals surface area contributed by atoms with Gasteiger partial charge in [0.2, 0.25) is 5.95 Å². The SMILES string of the molecule is CN(C)c1nc2c(c(-c3ccn[nH]3)n1)CCCC2. The number of nitrogens with one attached hydrogen (secondary N) is 1. The molecule has 0 aromatic carbocycles. The van der Waals surface area contributed by atoms with E-state index in [0.717, 1.165) is 30.2 Å². The van der Waals surface area contributed by atoms with E-state index in [1.807, 2.05) is 25.1 Å². The van der Waals surface area contributed by atoms with E-state index in [4.69, 9.17) is 0 Å². The molecule has 1 aliphatic carbocycles. The van der Waals surface area contributed by atoms with Gasteiger partial charge < -0.3 is 4.90 Å². The number of aromatic nitrogens is 4. The third-order valence-corrected chi connectivity index (χ3v) is 3.33. The first-order valence-corrected chi connectivity index (χ1v) is 6.32. The van der Waals surface area contributed by atoms with E-state index in [1.165, 1.54) is 24.1 Å². The fraction of sp³-hybridized carbons (Fsp3) is 0.462. The first-order valence-electron chi connectivity index (χ1n) is 6.32. The molecular formula is C13H17N5. The minimum absolute atomic E-state index is 0.778. The van der Waals surface area contributed by atoms with Crippen LogP contribution in [0.25, 0.3) is 11.4 Å². The molecule has 0 unspecified atom stereocenters. The molecule has 0 saturated heterocycles. The Morgan fingerprint density at radius 2 is 2.00 bits per heavy atom. The lowest BCUT2D eigenvalue weighted by atomic mass is 9.94. The molecule has 2 aromatic heterocycles. The lowest BCUT2D eigenvalue weighted by Gasteiger charge is -2.20. The standard InChI is InChI=1S/C13H17N5/c1-18(2)13-15-10-6-4-3-5-9(10)12(16-13)11-7-8-14-17-11/h7-8H,3-6H2,1-2H3,(H,14,17). The molecule has 0 atom stereocenters. The van der Waals surface area contributed by atoms with Gasteiger partial charge in [0.25, 0.3) is 0 Å². The van der Waals surface area contributed by atoms with Crippen LogP contribution >= 0.6 is 0 Å². The maximum absolute atomic E-state index is 4.67. The number of aryl methyl sites for hydroxylation is 1. The third-order valence-electron chi connectivity index (χ3n) is 3.33. The molecule has 5 nitrogen and oxygen atoms in total. The van der Waals surface area contributed by atoms with Crippen LogP contribution in [-0.4, -0.2) is 34.3 Å². The van der Waals surface area contributed by atoms with Crippen molar-refractivity contribution in [3.05, 3.63) is 23.5 Å². The molecule has 1 N–H and O–H groups in total. The summed E-state index contributed by atoms with van der Waals surface area (Å²) in [5, 5.41) is 7.03. The Balaban J connectivity index is 2.18. The highest BCUT2D eigenvalue weighted by Crippen LogP contribution is 2.29. The molecule has 5 heteroatoms. The van der Waals surface area contributed by atoms with Crippen molar-refractivity contribution in [2.45, 2.75) is 25.7 Å². The van der Waals surface area contributed by atoms with Gasteiger partial charge in [0, 0.05) is 31.5 Å². The highest BCUT2D eigenvalue weighted by Gasteiger charge is 2.19. The quantitative estimate of drug-likeness (QED) is 0.874. The number of anilines is 1. The van der Waals surface area contributed by atoms with Crippen LogP contribution in [0, 0.1) is 0 Å². The van der Waals surface area contributed by atoms with E-state index in [-0.39, 0.29) is 0 Å². The van der Waals surface area contributed by atoms with Crippen molar-refractivity contribution in [1.82, 2.24) is 20.2 Å². The number of rotatable bonds is 2. The molecule has 94 valence electrons. The number of nitrogens with zero attached hydrogens (tertiary/aromatic N) is 4. The minimum atomic E-state index is 0.778. The normalized spacial score (nSPS) is 14.3. The van der Waals surface area contributed by atoms with Crippen LogP contribution in [0.15, 0.2) is 12.3 Å². The second kappa shape index (κ2) is 4.40. The summed E-state index contributed by atoms with van der Waals surface area (Å²) in [5.41, 5.74) is 4.49. The minimum Gasteiger partial charge on any atom is -0.347 e. The van der Waals surface area contributed by atoms with Gasteiger partial charge in [0.1, 0.15) is 0 Å². The Bertz CT molecular complexity index is 545. The monoisotopic (exact) mass is 243 g/mol. The van der Waals surface area contributed by atoms with Gasteiger partial charge in [-0.2, -0.15) is 5.10 Å². The van der Waals surface area contributed by atoms with Gasteiger partial charge in [-0.1, -0.05) is 0 Å². The zero-order valence-electron chi connectivity index (χ0n) is 10.8. The molecule has 0 spiro atoms. The van der Waals surface area contributed by atoms with E-state index in [9.17, 15) is 0 Å². The molecule has 0 bridgehead atoms. The smallest absolute Gasteiger partial charge is 0.225 e. The van der Waals surface area contributed by atoms with Crippen molar-refractivity contribution in [2.75, 3.05) is 19.0 Å². The van der Waals surface area contributed by atoms with E-state index in [1.54, 1.807) is 6.20 Å². The Morgan fingerprint density at radius 1 is 1.17 bits per heavy atom. The average molecular weight is 243 g/mol. The Kier molecular flexibility index (Phi) is 2.74. The summed E-state index contributed by atoms with van der Waals surface area (Å²) in [5.74, 6) is 0.778. The highest BCUT2D eigenvalue weighted by atomic mass is 15.2.